The molecule has 0 spiro atoms. The number of halogens is 1. The third-order valence-corrected chi connectivity index (χ3v) is 4.70. The first-order valence-electron chi connectivity index (χ1n) is 8.85. The molecule has 0 unspecified atom stereocenters. The van der Waals surface area contributed by atoms with Crippen molar-refractivity contribution in [2.24, 2.45) is 0 Å². The van der Waals surface area contributed by atoms with Gasteiger partial charge in [-0.3, -0.25) is 9.78 Å². The molecule has 0 bridgehead atoms. The van der Waals surface area contributed by atoms with E-state index in [1.165, 1.54) is 12.0 Å². The molecule has 152 valence electrons. The number of rotatable bonds is 10. The van der Waals surface area contributed by atoms with Crippen molar-refractivity contribution in [2.45, 2.75) is 25.8 Å². The number of ether oxygens (including phenoxy) is 2. The van der Waals surface area contributed by atoms with Gasteiger partial charge in [0.15, 0.2) is 0 Å². The number of H-pyrrole nitrogens is 1. The summed E-state index contributed by atoms with van der Waals surface area (Å²) in [5.74, 6) is 0.321. The van der Waals surface area contributed by atoms with E-state index in [1.54, 1.807) is 19.4 Å². The molecule has 0 aromatic carbocycles. The number of aromatic nitrogens is 3. The standard InChI is InChI=1S/C18H24BrN5O4/c1-24(18(26)27-2)9-4-3-5-10-28-17-15(14(19)16(25)22-23-17)21-12-13-7-6-8-20-11-13/h6-8,11H,3-5,9-10,12H2,1-2H3,(H2,21,22,25). The predicted octanol–water partition coefficient (Wildman–Crippen LogP) is 2.79. The van der Waals surface area contributed by atoms with Crippen LogP contribution in [-0.4, -0.2) is 53.5 Å². The van der Waals surface area contributed by atoms with Crippen LogP contribution in [0.2, 0.25) is 0 Å². The number of hydrogen-bond acceptors (Lipinski definition) is 7. The SMILES string of the molecule is COC(=O)N(C)CCCCCOc1n[nH]c(=O)c(Br)c1NCc1cccnc1. The van der Waals surface area contributed by atoms with Gasteiger partial charge < -0.3 is 19.7 Å². The van der Waals surface area contributed by atoms with Crippen molar-refractivity contribution in [3.63, 3.8) is 0 Å². The van der Waals surface area contributed by atoms with Crippen molar-refractivity contribution in [3.8, 4) is 5.88 Å². The van der Waals surface area contributed by atoms with Crippen LogP contribution in [0.15, 0.2) is 33.8 Å². The average Bonchev–Trinajstić information content (AvgIpc) is 2.72. The zero-order valence-corrected chi connectivity index (χ0v) is 17.5. The molecular formula is C18H24BrN5O4. The summed E-state index contributed by atoms with van der Waals surface area (Å²) >= 11 is 3.28. The number of unbranched alkanes of at least 4 members (excludes halogenated alkanes) is 2. The van der Waals surface area contributed by atoms with Gasteiger partial charge in [0.1, 0.15) is 10.2 Å². The molecule has 2 rings (SSSR count). The second-order valence-electron chi connectivity index (χ2n) is 6.06. The molecular weight excluding hydrogens is 430 g/mol. The topological polar surface area (TPSA) is 109 Å². The molecule has 0 fully saturated rings. The lowest BCUT2D eigenvalue weighted by atomic mass is 10.2. The van der Waals surface area contributed by atoms with Gasteiger partial charge in [0, 0.05) is 32.5 Å². The van der Waals surface area contributed by atoms with Gasteiger partial charge >= 0.3 is 6.09 Å². The van der Waals surface area contributed by atoms with Gasteiger partial charge in [-0.1, -0.05) is 6.07 Å². The van der Waals surface area contributed by atoms with Crippen LogP contribution >= 0.6 is 15.9 Å². The lowest BCUT2D eigenvalue weighted by Crippen LogP contribution is -2.27. The first kappa shape index (κ1) is 21.7. The van der Waals surface area contributed by atoms with Crippen molar-refractivity contribution in [1.82, 2.24) is 20.1 Å². The Balaban J connectivity index is 1.85. The molecule has 0 saturated carbocycles. The zero-order valence-electron chi connectivity index (χ0n) is 15.9. The molecule has 2 N–H and O–H groups in total. The molecule has 0 aliphatic rings. The summed E-state index contributed by atoms with van der Waals surface area (Å²) in [6, 6.07) is 3.78. The van der Waals surface area contributed by atoms with Crippen LogP contribution in [-0.2, 0) is 11.3 Å². The molecule has 10 heteroatoms. The Hall–Kier alpha value is -2.62. The van der Waals surface area contributed by atoms with Gasteiger partial charge in [0.05, 0.1) is 13.7 Å². The van der Waals surface area contributed by atoms with E-state index in [9.17, 15) is 9.59 Å². The maximum absolute atomic E-state index is 11.8. The molecule has 0 atom stereocenters. The number of hydrogen-bond donors (Lipinski definition) is 2. The molecule has 28 heavy (non-hydrogen) atoms. The third-order valence-electron chi connectivity index (χ3n) is 3.95. The molecule has 1 amide bonds. The van der Waals surface area contributed by atoms with Crippen LogP contribution in [0, 0.1) is 0 Å². The van der Waals surface area contributed by atoms with Crippen LogP contribution in [0.5, 0.6) is 5.88 Å². The van der Waals surface area contributed by atoms with E-state index in [1.807, 2.05) is 12.1 Å². The first-order valence-corrected chi connectivity index (χ1v) is 9.65. The summed E-state index contributed by atoms with van der Waals surface area (Å²) in [5.41, 5.74) is 1.13. The highest BCUT2D eigenvalue weighted by Crippen LogP contribution is 2.27. The van der Waals surface area contributed by atoms with E-state index in [0.717, 1.165) is 24.8 Å². The van der Waals surface area contributed by atoms with Gasteiger partial charge in [-0.15, -0.1) is 5.10 Å². The molecule has 0 aliphatic heterocycles. The number of carbonyl (C=O) groups is 1. The smallest absolute Gasteiger partial charge is 0.409 e. The van der Waals surface area contributed by atoms with Crippen LogP contribution in [0.4, 0.5) is 10.5 Å². The van der Waals surface area contributed by atoms with E-state index in [-0.39, 0.29) is 11.7 Å². The maximum Gasteiger partial charge on any atom is 0.409 e. The molecule has 9 nitrogen and oxygen atoms in total. The Morgan fingerprint density at radius 2 is 2.18 bits per heavy atom. The summed E-state index contributed by atoms with van der Waals surface area (Å²) in [6.07, 6.45) is 5.60. The number of methoxy groups -OCH3 is 1. The Labute approximate surface area is 171 Å². The molecule has 0 radical (unpaired) electrons. The van der Waals surface area contributed by atoms with Gasteiger partial charge in [0.25, 0.3) is 11.4 Å². The number of nitrogens with zero attached hydrogens (tertiary/aromatic N) is 3. The van der Waals surface area contributed by atoms with Crippen LogP contribution in [0.1, 0.15) is 24.8 Å². The second-order valence-corrected chi connectivity index (χ2v) is 6.86. The first-order chi connectivity index (χ1) is 13.5. The Bertz CT molecular complexity index is 815. The summed E-state index contributed by atoms with van der Waals surface area (Å²) in [7, 11) is 3.06. The molecule has 0 aliphatic carbocycles. The van der Waals surface area contributed by atoms with Crippen molar-refractivity contribution >= 4 is 27.7 Å². The van der Waals surface area contributed by atoms with Crippen molar-refractivity contribution in [3.05, 3.63) is 44.9 Å². The minimum absolute atomic E-state index is 0.321. The summed E-state index contributed by atoms with van der Waals surface area (Å²) in [5, 5.41) is 9.57. The van der Waals surface area contributed by atoms with Crippen LogP contribution in [0.3, 0.4) is 0 Å². The monoisotopic (exact) mass is 453 g/mol. The largest absolute Gasteiger partial charge is 0.475 e. The number of aromatic amines is 1. The molecule has 2 aromatic heterocycles. The quantitative estimate of drug-likeness (QED) is 0.532. The van der Waals surface area contributed by atoms with Gasteiger partial charge in [-0.2, -0.15) is 0 Å². The summed E-state index contributed by atoms with van der Waals surface area (Å²) in [4.78, 5) is 28.7. The van der Waals surface area contributed by atoms with E-state index in [4.69, 9.17) is 4.74 Å². The zero-order chi connectivity index (χ0) is 20.4. The highest BCUT2D eigenvalue weighted by atomic mass is 79.9. The molecule has 0 saturated heterocycles. The number of carbonyl (C=O) groups excluding carboxylic acids is 1. The Morgan fingerprint density at radius 3 is 2.89 bits per heavy atom. The second kappa shape index (κ2) is 11.3. The normalized spacial score (nSPS) is 10.4. The number of amides is 1. The van der Waals surface area contributed by atoms with E-state index < -0.39 is 0 Å². The third kappa shape index (κ3) is 6.52. The van der Waals surface area contributed by atoms with Gasteiger partial charge in [0.2, 0.25) is 0 Å². The number of anilines is 1. The van der Waals surface area contributed by atoms with Crippen LogP contribution < -0.4 is 15.6 Å². The number of pyridine rings is 1. The van der Waals surface area contributed by atoms with Crippen molar-refractivity contribution in [2.75, 3.05) is 32.6 Å². The Kier molecular flexibility index (Phi) is 8.73. The van der Waals surface area contributed by atoms with E-state index in [2.05, 4.69) is 41.2 Å². The van der Waals surface area contributed by atoms with E-state index in [0.29, 0.717) is 35.7 Å². The molecule has 2 heterocycles. The van der Waals surface area contributed by atoms with E-state index >= 15 is 0 Å². The number of nitrogens with one attached hydrogen (secondary N) is 2. The highest BCUT2D eigenvalue weighted by molar-refractivity contribution is 9.10. The summed E-state index contributed by atoms with van der Waals surface area (Å²) in [6.45, 7) is 1.54. The predicted molar refractivity (Wildman–Crippen MR) is 109 cm³/mol. The minimum atomic E-state index is -0.345. The summed E-state index contributed by atoms with van der Waals surface area (Å²) < 4.78 is 10.7. The molecule has 2 aromatic rings. The fraction of sp³-hybridized carbons (Fsp3) is 0.444. The minimum Gasteiger partial charge on any atom is -0.475 e. The van der Waals surface area contributed by atoms with Crippen LogP contribution in [0.25, 0.3) is 0 Å². The van der Waals surface area contributed by atoms with Gasteiger partial charge in [-0.05, 0) is 46.8 Å². The average molecular weight is 454 g/mol. The highest BCUT2D eigenvalue weighted by Gasteiger charge is 2.14. The fourth-order valence-corrected chi connectivity index (χ4v) is 2.81. The van der Waals surface area contributed by atoms with Crippen molar-refractivity contribution in [1.29, 1.82) is 0 Å². The maximum atomic E-state index is 11.8. The van der Waals surface area contributed by atoms with Crippen molar-refractivity contribution < 1.29 is 14.3 Å². The Morgan fingerprint density at radius 1 is 1.36 bits per heavy atom. The lowest BCUT2D eigenvalue weighted by Gasteiger charge is -2.15. The lowest BCUT2D eigenvalue weighted by molar-refractivity contribution is 0.132. The van der Waals surface area contributed by atoms with Gasteiger partial charge in [-0.25, -0.2) is 9.89 Å². The fourth-order valence-electron chi connectivity index (χ4n) is 2.41.